The first-order chi connectivity index (χ1) is 7.70. The normalized spacial score (nSPS) is 10.4. The second-order valence-corrected chi connectivity index (χ2v) is 5.08. The Morgan fingerprint density at radius 3 is 2.94 bits per heavy atom. The first-order valence-electron chi connectivity index (χ1n) is 5.05. The molecule has 0 fully saturated rings. The molecule has 5 heteroatoms. The summed E-state index contributed by atoms with van der Waals surface area (Å²) in [6.07, 6.45) is 0. The van der Waals surface area contributed by atoms with Crippen molar-refractivity contribution in [3.05, 3.63) is 28.2 Å². The van der Waals surface area contributed by atoms with Gasteiger partial charge < -0.3 is 5.32 Å². The van der Waals surface area contributed by atoms with Crippen LogP contribution in [0.3, 0.4) is 0 Å². The van der Waals surface area contributed by atoms with Crippen molar-refractivity contribution in [3.8, 4) is 11.4 Å². The molecule has 1 aromatic carbocycles. The number of hydrogen-bond donors (Lipinski definition) is 1. The van der Waals surface area contributed by atoms with Crippen LogP contribution in [0.5, 0.6) is 0 Å². The van der Waals surface area contributed by atoms with Crippen molar-refractivity contribution in [2.75, 3.05) is 11.9 Å². The summed E-state index contributed by atoms with van der Waals surface area (Å²) in [6, 6.07) is 6.12. The standard InChI is InChI=1S/C11H12BrN3S/c1-3-13-11-14-10(15-16-11)9-5-4-8(12)6-7(9)2/h4-6H,3H2,1-2H3,(H,13,14,15). The Kier molecular flexibility index (Phi) is 3.56. The Morgan fingerprint density at radius 2 is 2.25 bits per heavy atom. The number of nitrogens with zero attached hydrogens (tertiary/aromatic N) is 2. The van der Waals surface area contributed by atoms with Crippen molar-refractivity contribution < 1.29 is 0 Å². The van der Waals surface area contributed by atoms with Gasteiger partial charge in [-0.25, -0.2) is 0 Å². The second kappa shape index (κ2) is 4.93. The van der Waals surface area contributed by atoms with Gasteiger partial charge in [-0.3, -0.25) is 0 Å². The average molecular weight is 298 g/mol. The molecule has 16 heavy (non-hydrogen) atoms. The lowest BCUT2D eigenvalue weighted by Gasteiger charge is -2.01. The van der Waals surface area contributed by atoms with Crippen LogP contribution in [0.2, 0.25) is 0 Å². The summed E-state index contributed by atoms with van der Waals surface area (Å²) < 4.78 is 5.43. The maximum absolute atomic E-state index is 4.44. The van der Waals surface area contributed by atoms with Crippen LogP contribution in [0.1, 0.15) is 12.5 Å². The summed E-state index contributed by atoms with van der Waals surface area (Å²) in [5.41, 5.74) is 2.26. The summed E-state index contributed by atoms with van der Waals surface area (Å²) in [5, 5.41) is 4.04. The van der Waals surface area contributed by atoms with Crippen molar-refractivity contribution in [2.24, 2.45) is 0 Å². The SMILES string of the molecule is CCNc1nc(-c2ccc(Br)cc2C)ns1. The van der Waals surface area contributed by atoms with Crippen molar-refractivity contribution >= 4 is 32.6 Å². The van der Waals surface area contributed by atoms with Crippen LogP contribution in [0.25, 0.3) is 11.4 Å². The van der Waals surface area contributed by atoms with Gasteiger partial charge in [0.15, 0.2) is 5.82 Å². The summed E-state index contributed by atoms with van der Waals surface area (Å²) in [6.45, 7) is 4.98. The molecule has 0 aliphatic carbocycles. The molecule has 0 amide bonds. The van der Waals surface area contributed by atoms with Gasteiger partial charge in [0.25, 0.3) is 0 Å². The van der Waals surface area contributed by atoms with E-state index in [1.54, 1.807) is 0 Å². The highest BCUT2D eigenvalue weighted by Gasteiger charge is 2.08. The fraction of sp³-hybridized carbons (Fsp3) is 0.273. The van der Waals surface area contributed by atoms with Gasteiger partial charge in [0.05, 0.1) is 0 Å². The van der Waals surface area contributed by atoms with E-state index in [1.165, 1.54) is 17.1 Å². The molecule has 0 aliphatic rings. The molecule has 0 radical (unpaired) electrons. The van der Waals surface area contributed by atoms with Crippen LogP contribution in [0.4, 0.5) is 5.13 Å². The molecule has 0 saturated carbocycles. The monoisotopic (exact) mass is 297 g/mol. The largest absolute Gasteiger partial charge is 0.361 e. The molecule has 0 unspecified atom stereocenters. The highest BCUT2D eigenvalue weighted by atomic mass is 79.9. The Balaban J connectivity index is 2.35. The molecule has 1 aromatic heterocycles. The third-order valence-corrected chi connectivity index (χ3v) is 3.35. The second-order valence-electron chi connectivity index (χ2n) is 3.41. The fourth-order valence-corrected chi connectivity index (χ4v) is 2.56. The Hall–Kier alpha value is -0.940. The lowest BCUT2D eigenvalue weighted by atomic mass is 10.1. The number of benzene rings is 1. The molecule has 3 nitrogen and oxygen atoms in total. The van der Waals surface area contributed by atoms with E-state index in [0.29, 0.717) is 0 Å². The van der Waals surface area contributed by atoms with E-state index in [1.807, 2.05) is 19.1 Å². The van der Waals surface area contributed by atoms with Gasteiger partial charge in [0.1, 0.15) is 0 Å². The molecule has 2 aromatic rings. The molecule has 0 bridgehead atoms. The summed E-state index contributed by atoms with van der Waals surface area (Å²) in [7, 11) is 0. The molecule has 1 N–H and O–H groups in total. The third kappa shape index (κ3) is 2.41. The van der Waals surface area contributed by atoms with Crippen LogP contribution in [-0.4, -0.2) is 15.9 Å². The van der Waals surface area contributed by atoms with E-state index in [0.717, 1.165) is 27.5 Å². The Morgan fingerprint density at radius 1 is 1.44 bits per heavy atom. The summed E-state index contributed by atoms with van der Waals surface area (Å²) in [4.78, 5) is 4.44. The first-order valence-corrected chi connectivity index (χ1v) is 6.61. The van der Waals surface area contributed by atoms with E-state index < -0.39 is 0 Å². The highest BCUT2D eigenvalue weighted by molar-refractivity contribution is 9.10. The number of nitrogens with one attached hydrogen (secondary N) is 1. The minimum absolute atomic E-state index is 0.797. The summed E-state index contributed by atoms with van der Waals surface area (Å²) in [5.74, 6) is 0.797. The number of aryl methyl sites for hydroxylation is 1. The zero-order valence-corrected chi connectivity index (χ0v) is 11.5. The Labute approximate surface area is 107 Å². The minimum atomic E-state index is 0.797. The third-order valence-electron chi connectivity index (χ3n) is 2.18. The van der Waals surface area contributed by atoms with Gasteiger partial charge in [-0.15, -0.1) is 0 Å². The van der Waals surface area contributed by atoms with Crippen molar-refractivity contribution in [3.63, 3.8) is 0 Å². The van der Waals surface area contributed by atoms with Gasteiger partial charge in [-0.05, 0) is 37.6 Å². The average Bonchev–Trinajstić information content (AvgIpc) is 2.67. The minimum Gasteiger partial charge on any atom is -0.361 e. The Bertz CT molecular complexity index is 496. The van der Waals surface area contributed by atoms with Crippen LogP contribution in [0, 0.1) is 6.92 Å². The van der Waals surface area contributed by atoms with Crippen LogP contribution in [0.15, 0.2) is 22.7 Å². The quantitative estimate of drug-likeness (QED) is 0.938. The molecule has 2 rings (SSSR count). The molecule has 0 saturated heterocycles. The number of halogens is 1. The molecule has 0 spiro atoms. The van der Waals surface area contributed by atoms with Gasteiger partial charge in [-0.1, -0.05) is 15.9 Å². The zero-order chi connectivity index (χ0) is 11.5. The van der Waals surface area contributed by atoms with Gasteiger partial charge in [-0.2, -0.15) is 9.36 Å². The van der Waals surface area contributed by atoms with Crippen LogP contribution in [-0.2, 0) is 0 Å². The van der Waals surface area contributed by atoms with Gasteiger partial charge in [0, 0.05) is 28.1 Å². The summed E-state index contributed by atoms with van der Waals surface area (Å²) >= 11 is 4.85. The molecular formula is C11H12BrN3S. The number of aromatic nitrogens is 2. The van der Waals surface area contributed by atoms with Crippen molar-refractivity contribution in [1.29, 1.82) is 0 Å². The predicted molar refractivity (Wildman–Crippen MR) is 71.9 cm³/mol. The first kappa shape index (κ1) is 11.5. The smallest absolute Gasteiger partial charge is 0.202 e. The maximum Gasteiger partial charge on any atom is 0.202 e. The number of anilines is 1. The fourth-order valence-electron chi connectivity index (χ4n) is 1.43. The van der Waals surface area contributed by atoms with Crippen LogP contribution >= 0.6 is 27.5 Å². The molecular weight excluding hydrogens is 286 g/mol. The predicted octanol–water partition coefficient (Wildman–Crippen LogP) is 3.71. The zero-order valence-electron chi connectivity index (χ0n) is 9.12. The number of hydrogen-bond acceptors (Lipinski definition) is 4. The van der Waals surface area contributed by atoms with Gasteiger partial charge >= 0.3 is 0 Å². The number of rotatable bonds is 3. The van der Waals surface area contributed by atoms with E-state index >= 15 is 0 Å². The maximum atomic E-state index is 4.44. The molecule has 0 aliphatic heterocycles. The van der Waals surface area contributed by atoms with E-state index in [-0.39, 0.29) is 0 Å². The van der Waals surface area contributed by atoms with Crippen molar-refractivity contribution in [1.82, 2.24) is 9.36 Å². The van der Waals surface area contributed by atoms with Crippen LogP contribution < -0.4 is 5.32 Å². The molecule has 1 heterocycles. The topological polar surface area (TPSA) is 37.8 Å². The van der Waals surface area contributed by atoms with E-state index in [9.17, 15) is 0 Å². The van der Waals surface area contributed by atoms with E-state index in [4.69, 9.17) is 0 Å². The molecule has 0 atom stereocenters. The van der Waals surface area contributed by atoms with Gasteiger partial charge in [0.2, 0.25) is 5.13 Å². The highest BCUT2D eigenvalue weighted by Crippen LogP contribution is 2.26. The lowest BCUT2D eigenvalue weighted by molar-refractivity contribution is 1.18. The molecule has 84 valence electrons. The van der Waals surface area contributed by atoms with E-state index in [2.05, 4.69) is 43.6 Å². The van der Waals surface area contributed by atoms with Crippen molar-refractivity contribution in [2.45, 2.75) is 13.8 Å². The lowest BCUT2D eigenvalue weighted by Crippen LogP contribution is -1.95.